The van der Waals surface area contributed by atoms with E-state index >= 15 is 0 Å². The predicted molar refractivity (Wildman–Crippen MR) is 74.8 cm³/mol. The number of nitrogens with two attached hydrogens (primary N) is 1. The molecule has 4 N–H and O–H groups in total. The number of halogens is 1. The Morgan fingerprint density at radius 1 is 1.55 bits per heavy atom. The summed E-state index contributed by atoms with van der Waals surface area (Å²) in [6.07, 6.45) is 1.24. The molecule has 0 amide bonds. The van der Waals surface area contributed by atoms with Crippen LogP contribution in [0, 0.1) is 5.82 Å². The van der Waals surface area contributed by atoms with Crippen molar-refractivity contribution in [1.29, 1.82) is 0 Å². The van der Waals surface area contributed by atoms with Crippen LogP contribution in [-0.2, 0) is 4.74 Å². The number of ether oxygens (including phenoxy) is 1. The number of guanidine groups is 1. The first-order valence-corrected chi connectivity index (χ1v) is 6.74. The molecule has 6 heteroatoms. The van der Waals surface area contributed by atoms with Gasteiger partial charge < -0.3 is 20.9 Å². The summed E-state index contributed by atoms with van der Waals surface area (Å²) in [5.74, 6) is -0.211. The van der Waals surface area contributed by atoms with Crippen molar-refractivity contribution < 1.29 is 14.2 Å². The standard InChI is InChI=1S/C14H20FN3O2/c15-12-6-2-1-5-11(12)13(19)9-18-14(16)17-8-10-4-3-7-20-10/h1-2,5-6,10,13,19H,3-4,7-9H2,(H3,16,17,18). The van der Waals surface area contributed by atoms with Crippen LogP contribution in [0.5, 0.6) is 0 Å². The summed E-state index contributed by atoms with van der Waals surface area (Å²) in [4.78, 5) is 4.01. The van der Waals surface area contributed by atoms with Crippen LogP contribution in [0.15, 0.2) is 29.3 Å². The highest BCUT2D eigenvalue weighted by Gasteiger charge is 2.15. The summed E-state index contributed by atoms with van der Waals surface area (Å²) in [5, 5.41) is 12.8. The number of aliphatic imine (C=N–C) groups is 1. The highest BCUT2D eigenvalue weighted by Crippen LogP contribution is 2.16. The summed E-state index contributed by atoms with van der Waals surface area (Å²) in [6, 6.07) is 6.09. The van der Waals surface area contributed by atoms with Crippen molar-refractivity contribution in [3.05, 3.63) is 35.6 Å². The highest BCUT2D eigenvalue weighted by atomic mass is 19.1. The van der Waals surface area contributed by atoms with Gasteiger partial charge in [-0.1, -0.05) is 18.2 Å². The average molecular weight is 281 g/mol. The maximum Gasteiger partial charge on any atom is 0.188 e. The van der Waals surface area contributed by atoms with Crippen LogP contribution in [0.1, 0.15) is 24.5 Å². The number of rotatable bonds is 5. The molecule has 110 valence electrons. The fourth-order valence-corrected chi connectivity index (χ4v) is 2.11. The molecule has 1 fully saturated rings. The Morgan fingerprint density at radius 2 is 2.35 bits per heavy atom. The van der Waals surface area contributed by atoms with Crippen LogP contribution in [0.4, 0.5) is 4.39 Å². The number of aliphatic hydroxyl groups excluding tert-OH is 1. The van der Waals surface area contributed by atoms with Crippen molar-refractivity contribution >= 4 is 5.96 Å². The van der Waals surface area contributed by atoms with Gasteiger partial charge in [0, 0.05) is 18.7 Å². The molecule has 2 unspecified atom stereocenters. The quantitative estimate of drug-likeness (QED) is 0.554. The molecular formula is C14H20FN3O2. The minimum atomic E-state index is -1.00. The molecule has 2 atom stereocenters. The first-order chi connectivity index (χ1) is 9.66. The monoisotopic (exact) mass is 281 g/mol. The van der Waals surface area contributed by atoms with Gasteiger partial charge in [-0.3, -0.25) is 4.99 Å². The van der Waals surface area contributed by atoms with E-state index in [-0.39, 0.29) is 24.2 Å². The number of benzene rings is 1. The summed E-state index contributed by atoms with van der Waals surface area (Å²) in [5.41, 5.74) is 5.92. The van der Waals surface area contributed by atoms with Gasteiger partial charge in [-0.15, -0.1) is 0 Å². The van der Waals surface area contributed by atoms with Crippen molar-refractivity contribution in [2.24, 2.45) is 10.7 Å². The second-order valence-electron chi connectivity index (χ2n) is 4.78. The minimum absolute atomic E-state index is 0.0191. The molecule has 0 bridgehead atoms. The van der Waals surface area contributed by atoms with Crippen LogP contribution >= 0.6 is 0 Å². The Labute approximate surface area is 117 Å². The molecule has 0 aliphatic carbocycles. The number of aliphatic hydroxyl groups is 1. The van der Waals surface area contributed by atoms with Gasteiger partial charge in [0.05, 0.1) is 12.6 Å². The Hall–Kier alpha value is -1.66. The summed E-state index contributed by atoms with van der Waals surface area (Å²) >= 11 is 0. The molecule has 0 spiro atoms. The van der Waals surface area contributed by atoms with Crippen molar-refractivity contribution in [3.63, 3.8) is 0 Å². The molecule has 5 nitrogen and oxygen atoms in total. The molecule has 1 saturated heterocycles. The fourth-order valence-electron chi connectivity index (χ4n) is 2.11. The molecule has 20 heavy (non-hydrogen) atoms. The third kappa shape index (κ3) is 4.18. The molecule has 1 aliphatic rings. The topological polar surface area (TPSA) is 79.9 Å². The van der Waals surface area contributed by atoms with E-state index in [0.717, 1.165) is 19.4 Å². The van der Waals surface area contributed by atoms with Crippen molar-refractivity contribution in [2.75, 3.05) is 19.7 Å². The average Bonchev–Trinajstić information content (AvgIpc) is 2.96. The Morgan fingerprint density at radius 3 is 3.05 bits per heavy atom. The lowest BCUT2D eigenvalue weighted by molar-refractivity contribution is 0.114. The van der Waals surface area contributed by atoms with Crippen LogP contribution < -0.4 is 11.1 Å². The third-order valence-corrected chi connectivity index (χ3v) is 3.23. The second-order valence-corrected chi connectivity index (χ2v) is 4.78. The number of nitrogens with one attached hydrogen (secondary N) is 1. The second kappa shape index (κ2) is 7.21. The van der Waals surface area contributed by atoms with Gasteiger partial charge in [-0.05, 0) is 18.9 Å². The number of nitrogens with zero attached hydrogens (tertiary/aromatic N) is 1. The number of hydrogen-bond donors (Lipinski definition) is 3. The van der Waals surface area contributed by atoms with Crippen molar-refractivity contribution in [3.8, 4) is 0 Å². The predicted octanol–water partition coefficient (Wildman–Crippen LogP) is 0.942. The lowest BCUT2D eigenvalue weighted by atomic mass is 10.1. The molecule has 0 radical (unpaired) electrons. The molecule has 0 saturated carbocycles. The Bertz CT molecular complexity index is 461. The SMILES string of the molecule is NC(=NCC(O)c1ccccc1F)NCC1CCCO1. The van der Waals surface area contributed by atoms with E-state index in [1.165, 1.54) is 12.1 Å². The smallest absolute Gasteiger partial charge is 0.188 e. The van der Waals surface area contributed by atoms with E-state index in [0.29, 0.717) is 6.54 Å². The van der Waals surface area contributed by atoms with E-state index in [1.54, 1.807) is 12.1 Å². The molecule has 1 aromatic carbocycles. The summed E-state index contributed by atoms with van der Waals surface area (Å²) < 4.78 is 18.9. The molecule has 0 aromatic heterocycles. The zero-order chi connectivity index (χ0) is 14.4. The first kappa shape index (κ1) is 14.7. The summed E-state index contributed by atoms with van der Waals surface area (Å²) in [7, 11) is 0. The van der Waals surface area contributed by atoms with Crippen LogP contribution in [0.25, 0.3) is 0 Å². The third-order valence-electron chi connectivity index (χ3n) is 3.23. The van der Waals surface area contributed by atoms with E-state index < -0.39 is 11.9 Å². The fraction of sp³-hybridized carbons (Fsp3) is 0.500. The molecule has 1 aliphatic heterocycles. The largest absolute Gasteiger partial charge is 0.386 e. The van der Waals surface area contributed by atoms with Crippen LogP contribution in [0.3, 0.4) is 0 Å². The number of hydrogen-bond acceptors (Lipinski definition) is 3. The van der Waals surface area contributed by atoms with E-state index in [9.17, 15) is 9.50 Å². The Kier molecular flexibility index (Phi) is 5.31. The molecular weight excluding hydrogens is 261 g/mol. The van der Waals surface area contributed by atoms with Crippen LogP contribution in [-0.4, -0.2) is 36.9 Å². The lowest BCUT2D eigenvalue weighted by Gasteiger charge is -2.12. The van der Waals surface area contributed by atoms with E-state index in [2.05, 4.69) is 10.3 Å². The lowest BCUT2D eigenvalue weighted by Crippen LogP contribution is -2.37. The first-order valence-electron chi connectivity index (χ1n) is 6.74. The van der Waals surface area contributed by atoms with Gasteiger partial charge in [0.15, 0.2) is 5.96 Å². The van der Waals surface area contributed by atoms with Gasteiger partial charge in [0.1, 0.15) is 11.9 Å². The van der Waals surface area contributed by atoms with Gasteiger partial charge in [-0.2, -0.15) is 0 Å². The molecule has 2 rings (SSSR count). The van der Waals surface area contributed by atoms with E-state index in [4.69, 9.17) is 10.5 Å². The molecule has 1 aromatic rings. The van der Waals surface area contributed by atoms with Gasteiger partial charge in [-0.25, -0.2) is 4.39 Å². The van der Waals surface area contributed by atoms with Gasteiger partial charge in [0.2, 0.25) is 0 Å². The minimum Gasteiger partial charge on any atom is -0.386 e. The maximum absolute atomic E-state index is 13.4. The van der Waals surface area contributed by atoms with Crippen molar-refractivity contribution in [2.45, 2.75) is 25.0 Å². The van der Waals surface area contributed by atoms with E-state index in [1.807, 2.05) is 0 Å². The van der Waals surface area contributed by atoms with Crippen LogP contribution in [0.2, 0.25) is 0 Å². The van der Waals surface area contributed by atoms with Crippen molar-refractivity contribution in [1.82, 2.24) is 5.32 Å². The Balaban J connectivity index is 1.80. The zero-order valence-corrected chi connectivity index (χ0v) is 11.3. The highest BCUT2D eigenvalue weighted by molar-refractivity contribution is 5.77. The molecule has 1 heterocycles. The maximum atomic E-state index is 13.4. The van der Waals surface area contributed by atoms with Gasteiger partial charge in [0.25, 0.3) is 0 Å². The summed E-state index contributed by atoms with van der Waals surface area (Å²) in [6.45, 7) is 1.41. The zero-order valence-electron chi connectivity index (χ0n) is 11.3. The van der Waals surface area contributed by atoms with Gasteiger partial charge >= 0.3 is 0 Å². The normalized spacial score (nSPS) is 20.9.